The maximum Gasteiger partial charge on any atom is 0.110 e. The first-order valence-electron chi connectivity index (χ1n) is 7.21. The van der Waals surface area contributed by atoms with Crippen LogP contribution in [0.1, 0.15) is 16.7 Å². The Morgan fingerprint density at radius 3 is 1.14 bits per heavy atom. The molecule has 0 bridgehead atoms. The van der Waals surface area contributed by atoms with Crippen LogP contribution in [0.25, 0.3) is 0 Å². The summed E-state index contributed by atoms with van der Waals surface area (Å²) in [6, 6.07) is 30.2. The van der Waals surface area contributed by atoms with Gasteiger partial charge in [0.15, 0.2) is 0 Å². The molecule has 0 amide bonds. The summed E-state index contributed by atoms with van der Waals surface area (Å²) < 4.78 is 0. The molecule has 106 valence electrons. The summed E-state index contributed by atoms with van der Waals surface area (Å²) in [5, 5.41) is 9.42. The highest BCUT2D eigenvalue weighted by molar-refractivity contribution is 5.57. The first-order valence-corrected chi connectivity index (χ1v) is 7.21. The fraction of sp³-hybridized carbons (Fsp3) is 0.0476. The van der Waals surface area contributed by atoms with Crippen LogP contribution in [0.2, 0.25) is 0 Å². The molecular weight excluding hydrogens is 268 g/mol. The molecule has 0 atom stereocenters. The summed E-state index contributed by atoms with van der Waals surface area (Å²) >= 11 is 0. The van der Waals surface area contributed by atoms with Gasteiger partial charge in [0.25, 0.3) is 0 Å². The summed E-state index contributed by atoms with van der Waals surface area (Å²) in [6.45, 7) is 0. The van der Waals surface area contributed by atoms with Gasteiger partial charge in [-0.25, -0.2) is 0 Å². The molecule has 0 saturated heterocycles. The molecule has 0 aliphatic rings. The third kappa shape index (κ3) is 2.36. The molecule has 0 radical (unpaired) electrons. The van der Waals surface area contributed by atoms with Crippen molar-refractivity contribution in [3.63, 3.8) is 0 Å². The van der Waals surface area contributed by atoms with Gasteiger partial charge in [0.1, 0.15) is 11.5 Å². The Hall–Kier alpha value is -2.98. The summed E-state index contributed by atoms with van der Waals surface area (Å²) in [7, 11) is 0. The lowest BCUT2D eigenvalue weighted by atomic mass is 9.70. The third-order valence-corrected chi connectivity index (χ3v) is 3.86. The van der Waals surface area contributed by atoms with Crippen LogP contribution in [-0.2, 0) is 5.41 Å². The van der Waals surface area contributed by atoms with Crippen LogP contribution in [0.15, 0.2) is 91.0 Å². The molecule has 22 heavy (non-hydrogen) atoms. The average molecular weight is 284 g/mol. The van der Waals surface area contributed by atoms with Crippen molar-refractivity contribution in [2.45, 2.75) is 5.41 Å². The number of aliphatic hydroxyl groups excluding tert-OH is 1. The number of aliphatic hydroxyl groups is 1. The van der Waals surface area contributed by atoms with E-state index in [2.05, 4.69) is 12.0 Å². The Bertz CT molecular complexity index is 684. The molecule has 1 N–H and O–H groups in total. The monoisotopic (exact) mass is 284 g/mol. The van der Waals surface area contributed by atoms with Gasteiger partial charge < -0.3 is 5.11 Å². The first kappa shape index (κ1) is 14.0. The van der Waals surface area contributed by atoms with Crippen molar-refractivity contribution in [2.24, 2.45) is 0 Å². The van der Waals surface area contributed by atoms with Crippen molar-refractivity contribution in [2.75, 3.05) is 0 Å². The lowest BCUT2D eigenvalue weighted by molar-refractivity contribution is 0.514. The van der Waals surface area contributed by atoms with Crippen molar-refractivity contribution in [3.05, 3.63) is 108 Å². The molecule has 0 spiro atoms. The number of hydrogen-bond donors (Lipinski definition) is 1. The summed E-state index contributed by atoms with van der Waals surface area (Å²) in [4.78, 5) is 0. The second kappa shape index (κ2) is 6.20. The second-order valence-corrected chi connectivity index (χ2v) is 5.08. The highest BCUT2D eigenvalue weighted by atomic mass is 16.2. The predicted octanol–water partition coefficient (Wildman–Crippen LogP) is 4.35. The SMILES string of the molecule is OC#CC(c1ccccc1)(c1ccccc1)c1ccccc1. The number of benzene rings is 3. The summed E-state index contributed by atoms with van der Waals surface area (Å²) in [5.74, 6) is 3.05. The molecule has 3 aromatic carbocycles. The Morgan fingerprint density at radius 2 is 0.864 bits per heavy atom. The molecule has 0 aliphatic carbocycles. The van der Waals surface area contributed by atoms with E-state index in [0.29, 0.717) is 0 Å². The van der Waals surface area contributed by atoms with Crippen LogP contribution in [0.4, 0.5) is 0 Å². The van der Waals surface area contributed by atoms with Gasteiger partial charge in [-0.2, -0.15) is 0 Å². The van der Waals surface area contributed by atoms with Gasteiger partial charge in [-0.05, 0) is 22.6 Å². The molecule has 1 nitrogen and oxygen atoms in total. The largest absolute Gasteiger partial charge is 0.462 e. The zero-order valence-corrected chi connectivity index (χ0v) is 12.1. The molecule has 0 aliphatic heterocycles. The van der Waals surface area contributed by atoms with Gasteiger partial charge in [0.05, 0.1) is 0 Å². The van der Waals surface area contributed by atoms with E-state index < -0.39 is 5.41 Å². The number of hydrogen-bond acceptors (Lipinski definition) is 1. The predicted molar refractivity (Wildman–Crippen MR) is 88.9 cm³/mol. The molecule has 0 unspecified atom stereocenters. The van der Waals surface area contributed by atoms with Gasteiger partial charge in [-0.3, -0.25) is 0 Å². The van der Waals surface area contributed by atoms with Crippen LogP contribution < -0.4 is 0 Å². The minimum atomic E-state index is -0.682. The van der Waals surface area contributed by atoms with Crippen LogP contribution >= 0.6 is 0 Å². The van der Waals surface area contributed by atoms with Crippen molar-refractivity contribution in [1.29, 1.82) is 0 Å². The Kier molecular flexibility index (Phi) is 3.94. The van der Waals surface area contributed by atoms with Crippen molar-refractivity contribution < 1.29 is 5.11 Å². The fourth-order valence-electron chi connectivity index (χ4n) is 2.86. The van der Waals surface area contributed by atoms with Gasteiger partial charge >= 0.3 is 0 Å². The third-order valence-electron chi connectivity index (χ3n) is 3.86. The molecular formula is C21H16O. The number of rotatable bonds is 3. The zero-order chi connectivity index (χ0) is 15.3. The maximum atomic E-state index is 9.42. The molecule has 0 fully saturated rings. The lowest BCUT2D eigenvalue weighted by Crippen LogP contribution is -2.27. The molecule has 0 saturated carbocycles. The second-order valence-electron chi connectivity index (χ2n) is 5.08. The standard InChI is InChI=1S/C21H16O/c22-17-16-21(18-10-4-1-5-11-18,19-12-6-2-7-13-19)20-14-8-3-9-15-20/h1-15,22H. The van der Waals surface area contributed by atoms with Crippen LogP contribution in [0.3, 0.4) is 0 Å². The van der Waals surface area contributed by atoms with Crippen molar-refractivity contribution >= 4 is 0 Å². The molecule has 3 aromatic rings. The van der Waals surface area contributed by atoms with Crippen LogP contribution in [0, 0.1) is 12.0 Å². The minimum Gasteiger partial charge on any atom is -0.462 e. The van der Waals surface area contributed by atoms with Crippen LogP contribution in [-0.4, -0.2) is 5.11 Å². The van der Waals surface area contributed by atoms with E-state index in [0.717, 1.165) is 16.7 Å². The Labute approximate surface area is 130 Å². The Balaban J connectivity index is 2.36. The molecule has 0 aromatic heterocycles. The Morgan fingerprint density at radius 1 is 0.545 bits per heavy atom. The van der Waals surface area contributed by atoms with Crippen LogP contribution in [0.5, 0.6) is 0 Å². The fourth-order valence-corrected chi connectivity index (χ4v) is 2.86. The summed E-state index contributed by atoms with van der Waals surface area (Å²) in [5.41, 5.74) is 2.43. The van der Waals surface area contributed by atoms with Gasteiger partial charge in [-0.1, -0.05) is 91.0 Å². The maximum absolute atomic E-state index is 9.42. The molecule has 0 heterocycles. The lowest BCUT2D eigenvalue weighted by Gasteiger charge is -2.30. The van der Waals surface area contributed by atoms with E-state index in [9.17, 15) is 5.11 Å². The zero-order valence-electron chi connectivity index (χ0n) is 12.1. The van der Waals surface area contributed by atoms with Crippen molar-refractivity contribution in [3.8, 4) is 12.0 Å². The van der Waals surface area contributed by atoms with E-state index in [1.54, 1.807) is 0 Å². The quantitative estimate of drug-likeness (QED) is 0.560. The smallest absolute Gasteiger partial charge is 0.110 e. The van der Waals surface area contributed by atoms with E-state index in [1.807, 2.05) is 91.0 Å². The van der Waals surface area contributed by atoms with Gasteiger partial charge in [0, 0.05) is 0 Å². The van der Waals surface area contributed by atoms with Gasteiger partial charge in [0.2, 0.25) is 0 Å². The van der Waals surface area contributed by atoms with Gasteiger partial charge in [-0.15, -0.1) is 0 Å². The van der Waals surface area contributed by atoms with E-state index in [1.165, 1.54) is 0 Å². The normalized spacial score (nSPS) is 10.5. The summed E-state index contributed by atoms with van der Waals surface area (Å²) in [6.07, 6.45) is 2.15. The van der Waals surface area contributed by atoms with E-state index in [-0.39, 0.29) is 0 Å². The molecule has 1 heteroatoms. The van der Waals surface area contributed by atoms with E-state index in [4.69, 9.17) is 0 Å². The minimum absolute atomic E-state index is 0.682. The first-order chi connectivity index (χ1) is 10.9. The highest BCUT2D eigenvalue weighted by Gasteiger charge is 2.34. The topological polar surface area (TPSA) is 20.2 Å². The molecule has 3 rings (SSSR count). The average Bonchev–Trinajstić information content (AvgIpc) is 2.62. The highest BCUT2D eigenvalue weighted by Crippen LogP contribution is 2.38. The van der Waals surface area contributed by atoms with Crippen molar-refractivity contribution in [1.82, 2.24) is 0 Å². The van der Waals surface area contributed by atoms with E-state index >= 15 is 0 Å².